The van der Waals surface area contributed by atoms with Crippen molar-refractivity contribution in [2.75, 3.05) is 25.2 Å². The minimum Gasteiger partial charge on any atom is -0.468 e. The molecule has 0 radical (unpaired) electrons. The number of carbonyl (C=O) groups excluding carboxylic acids is 3. The van der Waals surface area contributed by atoms with Crippen LogP contribution in [0.25, 0.3) is 0 Å². The second-order valence-electron chi connectivity index (χ2n) is 7.78. The SMILES string of the molecule is CCSCCOC(=O)C1=C(C)NC2=C(C(=O)[C@@H](C(=O)OC)[C@H](C)C2)[C@@H]1c1ccccc1. The van der Waals surface area contributed by atoms with Crippen molar-refractivity contribution in [1.29, 1.82) is 0 Å². The second kappa shape index (κ2) is 10.2. The van der Waals surface area contributed by atoms with Gasteiger partial charge >= 0.3 is 11.9 Å². The minimum absolute atomic E-state index is 0.199. The van der Waals surface area contributed by atoms with Crippen LogP contribution in [0.3, 0.4) is 0 Å². The average Bonchev–Trinajstić information content (AvgIpc) is 2.76. The fourth-order valence-electron chi connectivity index (χ4n) is 4.35. The van der Waals surface area contributed by atoms with Gasteiger partial charge in [0.05, 0.1) is 12.7 Å². The number of methoxy groups -OCH3 is 1. The van der Waals surface area contributed by atoms with Crippen LogP contribution in [-0.4, -0.2) is 42.9 Å². The number of hydrogen-bond acceptors (Lipinski definition) is 7. The predicted octanol–water partition coefficient (Wildman–Crippen LogP) is 3.60. The van der Waals surface area contributed by atoms with E-state index in [9.17, 15) is 14.4 Å². The van der Waals surface area contributed by atoms with Crippen molar-refractivity contribution in [2.45, 2.75) is 33.1 Å². The summed E-state index contributed by atoms with van der Waals surface area (Å²) in [7, 11) is 1.29. The van der Waals surface area contributed by atoms with E-state index in [4.69, 9.17) is 9.47 Å². The zero-order valence-electron chi connectivity index (χ0n) is 18.4. The lowest BCUT2D eigenvalue weighted by atomic mass is 9.69. The van der Waals surface area contributed by atoms with E-state index in [1.54, 1.807) is 11.8 Å². The molecule has 1 aliphatic carbocycles. The van der Waals surface area contributed by atoms with E-state index in [1.165, 1.54) is 7.11 Å². The van der Waals surface area contributed by atoms with Crippen LogP contribution in [-0.2, 0) is 23.9 Å². The molecule has 0 aromatic heterocycles. The van der Waals surface area contributed by atoms with Crippen molar-refractivity contribution < 1.29 is 23.9 Å². The first kappa shape index (κ1) is 23.1. The van der Waals surface area contributed by atoms with Gasteiger partial charge in [-0.1, -0.05) is 44.2 Å². The van der Waals surface area contributed by atoms with Crippen LogP contribution >= 0.6 is 11.8 Å². The largest absolute Gasteiger partial charge is 0.468 e. The van der Waals surface area contributed by atoms with Crippen molar-refractivity contribution in [2.24, 2.45) is 11.8 Å². The normalized spacial score (nSPS) is 23.2. The Balaban J connectivity index is 2.04. The highest BCUT2D eigenvalue weighted by atomic mass is 32.2. The zero-order chi connectivity index (χ0) is 22.5. The summed E-state index contributed by atoms with van der Waals surface area (Å²) in [5.74, 6) is -1.27. The molecule has 3 atom stereocenters. The summed E-state index contributed by atoms with van der Waals surface area (Å²) in [6.45, 7) is 6.06. The number of benzene rings is 1. The number of allylic oxidation sites excluding steroid dienone is 3. The number of ketones is 1. The first-order valence-electron chi connectivity index (χ1n) is 10.5. The van der Waals surface area contributed by atoms with E-state index in [-0.39, 0.29) is 11.7 Å². The van der Waals surface area contributed by atoms with Crippen LogP contribution in [0, 0.1) is 11.8 Å². The van der Waals surface area contributed by atoms with Gasteiger partial charge in [0.15, 0.2) is 5.78 Å². The van der Waals surface area contributed by atoms with Crippen molar-refractivity contribution in [1.82, 2.24) is 5.32 Å². The Morgan fingerprint density at radius 3 is 2.58 bits per heavy atom. The fourth-order valence-corrected chi connectivity index (χ4v) is 4.84. The first-order chi connectivity index (χ1) is 14.9. The topological polar surface area (TPSA) is 81.7 Å². The number of rotatable bonds is 7. The summed E-state index contributed by atoms with van der Waals surface area (Å²) in [5, 5.41) is 3.27. The second-order valence-corrected chi connectivity index (χ2v) is 9.17. The van der Waals surface area contributed by atoms with Gasteiger partial charge in [0.2, 0.25) is 0 Å². The Bertz CT molecular complexity index is 921. The summed E-state index contributed by atoms with van der Waals surface area (Å²) in [6.07, 6.45) is 0.525. The lowest BCUT2D eigenvalue weighted by Crippen LogP contribution is -2.43. The monoisotopic (exact) mass is 443 g/mol. The highest BCUT2D eigenvalue weighted by Gasteiger charge is 2.47. The quantitative estimate of drug-likeness (QED) is 0.392. The maximum Gasteiger partial charge on any atom is 0.336 e. The number of Topliss-reactive ketones (excluding diaryl/α,β-unsaturated/α-hetero) is 1. The van der Waals surface area contributed by atoms with Gasteiger partial charge in [-0.2, -0.15) is 11.8 Å². The molecule has 1 N–H and O–H groups in total. The molecule has 166 valence electrons. The number of esters is 2. The lowest BCUT2D eigenvalue weighted by molar-refractivity contribution is -0.151. The number of hydrogen-bond donors (Lipinski definition) is 1. The lowest BCUT2D eigenvalue weighted by Gasteiger charge is -2.38. The van der Waals surface area contributed by atoms with Gasteiger partial charge in [-0.05, 0) is 30.6 Å². The standard InChI is InChI=1S/C24H29NO5S/c1-5-31-12-11-30-24(28)19-15(3)25-17-13-14(2)18(23(27)29-4)22(26)21(17)20(19)16-9-7-6-8-10-16/h6-10,14,18,20,25H,5,11-13H2,1-4H3/t14-,18+,20-/m1/s1. The highest BCUT2D eigenvalue weighted by molar-refractivity contribution is 7.99. The Kier molecular flexibility index (Phi) is 7.59. The van der Waals surface area contributed by atoms with Gasteiger partial charge in [-0.25, -0.2) is 4.79 Å². The molecular weight excluding hydrogens is 414 g/mol. The van der Waals surface area contributed by atoms with E-state index < -0.39 is 23.8 Å². The number of carbonyl (C=O) groups is 3. The zero-order valence-corrected chi connectivity index (χ0v) is 19.2. The van der Waals surface area contributed by atoms with Gasteiger partial charge in [0.1, 0.15) is 12.5 Å². The molecule has 0 spiro atoms. The fraction of sp³-hybridized carbons (Fsp3) is 0.458. The summed E-state index contributed by atoms with van der Waals surface area (Å²) in [5.41, 5.74) is 3.13. The maximum absolute atomic E-state index is 13.6. The Hall–Kier alpha value is -2.54. The first-order valence-corrected chi connectivity index (χ1v) is 11.7. The highest BCUT2D eigenvalue weighted by Crippen LogP contribution is 2.45. The average molecular weight is 444 g/mol. The molecule has 1 aromatic rings. The summed E-state index contributed by atoms with van der Waals surface area (Å²) in [6, 6.07) is 9.43. The van der Waals surface area contributed by atoms with Crippen LogP contribution in [0.4, 0.5) is 0 Å². The Morgan fingerprint density at radius 1 is 1.23 bits per heavy atom. The van der Waals surface area contributed by atoms with E-state index in [1.807, 2.05) is 44.2 Å². The van der Waals surface area contributed by atoms with Crippen LogP contribution in [0.15, 0.2) is 52.9 Å². The van der Waals surface area contributed by atoms with Crippen LogP contribution in [0.5, 0.6) is 0 Å². The summed E-state index contributed by atoms with van der Waals surface area (Å²) < 4.78 is 10.5. The van der Waals surface area contributed by atoms with Crippen LogP contribution in [0.2, 0.25) is 0 Å². The minimum atomic E-state index is -0.881. The van der Waals surface area contributed by atoms with E-state index in [0.717, 1.165) is 17.0 Å². The Morgan fingerprint density at radius 2 is 1.94 bits per heavy atom. The van der Waals surface area contributed by atoms with Crippen molar-refractivity contribution in [3.63, 3.8) is 0 Å². The molecule has 7 heteroatoms. The molecule has 0 saturated heterocycles. The molecule has 6 nitrogen and oxygen atoms in total. The molecule has 0 bridgehead atoms. The molecule has 2 aliphatic rings. The van der Waals surface area contributed by atoms with E-state index in [0.29, 0.717) is 35.6 Å². The van der Waals surface area contributed by atoms with Gasteiger partial charge in [-0.3, -0.25) is 9.59 Å². The third-order valence-electron chi connectivity index (χ3n) is 5.76. The molecule has 3 rings (SSSR count). The summed E-state index contributed by atoms with van der Waals surface area (Å²) >= 11 is 1.70. The van der Waals surface area contributed by atoms with Crippen molar-refractivity contribution >= 4 is 29.5 Å². The van der Waals surface area contributed by atoms with Gasteiger partial charge in [0.25, 0.3) is 0 Å². The Labute approximate surface area is 187 Å². The van der Waals surface area contributed by atoms with Gasteiger partial charge in [0, 0.05) is 28.6 Å². The molecule has 1 aromatic carbocycles. The predicted molar refractivity (Wildman–Crippen MR) is 120 cm³/mol. The van der Waals surface area contributed by atoms with Crippen molar-refractivity contribution in [3.05, 3.63) is 58.4 Å². The van der Waals surface area contributed by atoms with E-state index >= 15 is 0 Å². The van der Waals surface area contributed by atoms with Crippen molar-refractivity contribution in [3.8, 4) is 0 Å². The molecule has 1 heterocycles. The van der Waals surface area contributed by atoms with E-state index in [2.05, 4.69) is 12.2 Å². The van der Waals surface area contributed by atoms with Gasteiger partial charge < -0.3 is 14.8 Å². The molecular formula is C24H29NO5S. The number of nitrogens with one attached hydrogen (secondary N) is 1. The molecule has 1 aliphatic heterocycles. The molecule has 31 heavy (non-hydrogen) atoms. The molecule has 0 fully saturated rings. The van der Waals surface area contributed by atoms with Gasteiger partial charge in [-0.15, -0.1) is 0 Å². The number of dihydropyridines is 1. The molecule has 0 unspecified atom stereocenters. The summed E-state index contributed by atoms with van der Waals surface area (Å²) in [4.78, 5) is 39.1. The molecule has 0 amide bonds. The number of ether oxygens (including phenoxy) is 2. The van der Waals surface area contributed by atoms with Crippen LogP contribution in [0.1, 0.15) is 38.7 Å². The third-order valence-corrected chi connectivity index (χ3v) is 6.62. The smallest absolute Gasteiger partial charge is 0.336 e. The number of thioether (sulfide) groups is 1. The maximum atomic E-state index is 13.6. The van der Waals surface area contributed by atoms with Crippen LogP contribution < -0.4 is 5.32 Å². The molecule has 0 saturated carbocycles. The third kappa shape index (κ3) is 4.71.